The van der Waals surface area contributed by atoms with E-state index in [0.717, 1.165) is 25.9 Å². The van der Waals surface area contributed by atoms with Crippen molar-refractivity contribution < 1.29 is 0 Å². The van der Waals surface area contributed by atoms with Crippen molar-refractivity contribution in [1.82, 2.24) is 5.32 Å². The minimum absolute atomic E-state index is 0. The molecule has 0 saturated carbocycles. The van der Waals surface area contributed by atoms with Crippen molar-refractivity contribution in [3.8, 4) is 0 Å². The molecule has 0 amide bonds. The molecule has 1 aliphatic heterocycles. The minimum Gasteiger partial charge on any atom is -0.316 e. The molecule has 13 heavy (non-hydrogen) atoms. The highest BCUT2D eigenvalue weighted by atomic mass is 79.9. The summed E-state index contributed by atoms with van der Waals surface area (Å²) in [4.78, 5) is 0. The number of halogens is 2. The van der Waals surface area contributed by atoms with E-state index in [9.17, 15) is 0 Å². The summed E-state index contributed by atoms with van der Waals surface area (Å²) in [5.41, 5.74) is 2.98. The molecule has 0 fully saturated rings. The van der Waals surface area contributed by atoms with Gasteiger partial charge in [0.15, 0.2) is 0 Å². The molecule has 0 bridgehead atoms. The molecule has 0 aromatic heterocycles. The van der Waals surface area contributed by atoms with Gasteiger partial charge in [0.25, 0.3) is 0 Å². The van der Waals surface area contributed by atoms with Gasteiger partial charge in [-0.25, -0.2) is 0 Å². The Morgan fingerprint density at radius 1 is 1.15 bits per heavy atom. The Balaban J connectivity index is 0.000000845. The largest absolute Gasteiger partial charge is 0.316 e. The van der Waals surface area contributed by atoms with Crippen molar-refractivity contribution in [3.05, 3.63) is 33.8 Å². The first kappa shape index (κ1) is 11.0. The van der Waals surface area contributed by atoms with Gasteiger partial charge in [0, 0.05) is 4.47 Å². The third-order valence-electron chi connectivity index (χ3n) is 2.34. The molecule has 0 aliphatic carbocycles. The molecular formula is C10H13BrClN. The Morgan fingerprint density at radius 2 is 1.92 bits per heavy atom. The Labute approximate surface area is 93.5 Å². The fraction of sp³-hybridized carbons (Fsp3) is 0.400. The fourth-order valence-corrected chi connectivity index (χ4v) is 2.28. The summed E-state index contributed by atoms with van der Waals surface area (Å²) in [6.07, 6.45) is 2.31. The smallest absolute Gasteiger partial charge is 0.0210 e. The summed E-state index contributed by atoms with van der Waals surface area (Å²) in [5, 5.41) is 3.40. The molecule has 1 heterocycles. The zero-order chi connectivity index (χ0) is 8.39. The monoisotopic (exact) mass is 261 g/mol. The number of benzene rings is 1. The maximum absolute atomic E-state index is 3.59. The predicted molar refractivity (Wildman–Crippen MR) is 61.7 cm³/mol. The van der Waals surface area contributed by atoms with Gasteiger partial charge < -0.3 is 5.32 Å². The standard InChI is InChI=1S/C10H12BrN.ClH/c11-10-3-1-2-8-4-6-12-7-5-9(8)10;/h1-3,12H,4-7H2;1H. The fourth-order valence-electron chi connectivity index (χ4n) is 1.68. The van der Waals surface area contributed by atoms with Crippen molar-refractivity contribution >= 4 is 28.3 Å². The van der Waals surface area contributed by atoms with Crippen molar-refractivity contribution in [3.63, 3.8) is 0 Å². The van der Waals surface area contributed by atoms with Gasteiger partial charge in [-0.3, -0.25) is 0 Å². The summed E-state index contributed by atoms with van der Waals surface area (Å²) < 4.78 is 1.27. The molecule has 0 saturated heterocycles. The normalized spacial score (nSPS) is 15.5. The van der Waals surface area contributed by atoms with Gasteiger partial charge in [0.1, 0.15) is 0 Å². The molecule has 0 atom stereocenters. The number of rotatable bonds is 0. The van der Waals surface area contributed by atoms with Crippen LogP contribution in [-0.2, 0) is 12.8 Å². The summed E-state index contributed by atoms with van der Waals surface area (Å²) in [6, 6.07) is 6.48. The molecular weight excluding hydrogens is 249 g/mol. The maximum Gasteiger partial charge on any atom is 0.0210 e. The molecule has 1 aliphatic rings. The van der Waals surface area contributed by atoms with Crippen molar-refractivity contribution in [1.29, 1.82) is 0 Å². The lowest BCUT2D eigenvalue weighted by molar-refractivity contribution is 0.710. The molecule has 72 valence electrons. The van der Waals surface area contributed by atoms with Crippen molar-refractivity contribution in [2.75, 3.05) is 13.1 Å². The van der Waals surface area contributed by atoms with Crippen LogP contribution in [0.2, 0.25) is 0 Å². The highest BCUT2D eigenvalue weighted by molar-refractivity contribution is 9.10. The van der Waals surface area contributed by atoms with Gasteiger partial charge in [-0.05, 0) is 43.1 Å². The summed E-state index contributed by atoms with van der Waals surface area (Å²) in [7, 11) is 0. The minimum atomic E-state index is 0. The molecule has 0 radical (unpaired) electrons. The summed E-state index contributed by atoms with van der Waals surface area (Å²) >= 11 is 3.59. The first-order valence-electron chi connectivity index (χ1n) is 4.35. The first-order valence-corrected chi connectivity index (χ1v) is 5.14. The van der Waals surface area contributed by atoms with Gasteiger partial charge >= 0.3 is 0 Å². The predicted octanol–water partition coefficient (Wildman–Crippen LogP) is 2.56. The lowest BCUT2D eigenvalue weighted by Gasteiger charge is -2.05. The van der Waals surface area contributed by atoms with Crippen LogP contribution >= 0.6 is 28.3 Å². The lowest BCUT2D eigenvalue weighted by Crippen LogP contribution is -2.16. The van der Waals surface area contributed by atoms with E-state index in [0.29, 0.717) is 0 Å². The van der Waals surface area contributed by atoms with Crippen LogP contribution in [0.5, 0.6) is 0 Å². The molecule has 0 spiro atoms. The van der Waals surface area contributed by atoms with Crippen LogP contribution in [0.15, 0.2) is 22.7 Å². The van der Waals surface area contributed by atoms with E-state index < -0.39 is 0 Å². The van der Waals surface area contributed by atoms with Gasteiger partial charge in [0.2, 0.25) is 0 Å². The number of hydrogen-bond donors (Lipinski definition) is 1. The van der Waals surface area contributed by atoms with E-state index in [1.807, 2.05) is 0 Å². The zero-order valence-electron chi connectivity index (χ0n) is 7.35. The Hall–Kier alpha value is -0.0500. The maximum atomic E-state index is 3.59. The second-order valence-electron chi connectivity index (χ2n) is 3.13. The second-order valence-corrected chi connectivity index (χ2v) is 3.98. The zero-order valence-corrected chi connectivity index (χ0v) is 9.75. The quantitative estimate of drug-likeness (QED) is 0.758. The molecule has 1 aromatic rings. The third kappa shape index (κ3) is 2.46. The summed E-state index contributed by atoms with van der Waals surface area (Å²) in [5.74, 6) is 0. The highest BCUT2D eigenvalue weighted by Gasteiger charge is 2.08. The molecule has 2 rings (SSSR count). The van der Waals surface area contributed by atoms with E-state index in [4.69, 9.17) is 0 Å². The van der Waals surface area contributed by atoms with Crippen LogP contribution in [0.4, 0.5) is 0 Å². The van der Waals surface area contributed by atoms with Crippen LogP contribution in [0, 0.1) is 0 Å². The molecule has 1 N–H and O–H groups in total. The number of fused-ring (bicyclic) bond motifs is 1. The molecule has 1 aromatic carbocycles. The highest BCUT2D eigenvalue weighted by Crippen LogP contribution is 2.22. The lowest BCUT2D eigenvalue weighted by atomic mass is 10.0. The van der Waals surface area contributed by atoms with Crippen LogP contribution in [0.25, 0.3) is 0 Å². The van der Waals surface area contributed by atoms with Gasteiger partial charge in [-0.2, -0.15) is 0 Å². The van der Waals surface area contributed by atoms with E-state index >= 15 is 0 Å². The topological polar surface area (TPSA) is 12.0 Å². The summed E-state index contributed by atoms with van der Waals surface area (Å²) in [6.45, 7) is 2.22. The molecule has 1 nitrogen and oxygen atoms in total. The van der Waals surface area contributed by atoms with E-state index in [1.54, 1.807) is 0 Å². The van der Waals surface area contributed by atoms with E-state index in [-0.39, 0.29) is 12.4 Å². The average Bonchev–Trinajstić information content (AvgIpc) is 2.30. The van der Waals surface area contributed by atoms with Crippen LogP contribution < -0.4 is 5.32 Å². The van der Waals surface area contributed by atoms with Gasteiger partial charge in [0.05, 0.1) is 0 Å². The number of nitrogens with one attached hydrogen (secondary N) is 1. The molecule has 3 heteroatoms. The van der Waals surface area contributed by atoms with E-state index in [1.165, 1.54) is 15.6 Å². The Kier molecular flexibility index (Phi) is 4.23. The Morgan fingerprint density at radius 3 is 2.77 bits per heavy atom. The number of hydrogen-bond acceptors (Lipinski definition) is 1. The van der Waals surface area contributed by atoms with Crippen LogP contribution in [-0.4, -0.2) is 13.1 Å². The average molecular weight is 263 g/mol. The van der Waals surface area contributed by atoms with Gasteiger partial charge in [-0.1, -0.05) is 28.1 Å². The van der Waals surface area contributed by atoms with Crippen LogP contribution in [0.3, 0.4) is 0 Å². The SMILES string of the molecule is Brc1cccc2c1CCNCC2.Cl. The van der Waals surface area contributed by atoms with Gasteiger partial charge in [-0.15, -0.1) is 12.4 Å². The Bertz CT molecular complexity index is 288. The third-order valence-corrected chi connectivity index (χ3v) is 3.08. The molecule has 0 unspecified atom stereocenters. The van der Waals surface area contributed by atoms with E-state index in [2.05, 4.69) is 39.4 Å². The first-order chi connectivity index (χ1) is 5.88. The van der Waals surface area contributed by atoms with Crippen molar-refractivity contribution in [2.45, 2.75) is 12.8 Å². The van der Waals surface area contributed by atoms with Crippen LogP contribution in [0.1, 0.15) is 11.1 Å². The second kappa shape index (κ2) is 4.99. The van der Waals surface area contributed by atoms with Crippen molar-refractivity contribution in [2.24, 2.45) is 0 Å².